The van der Waals surface area contributed by atoms with E-state index in [0.717, 1.165) is 11.5 Å². The van der Waals surface area contributed by atoms with Crippen molar-refractivity contribution in [2.45, 2.75) is 23.7 Å². The topological polar surface area (TPSA) is 86.0 Å². The Bertz CT molecular complexity index is 1060. The van der Waals surface area contributed by atoms with Crippen LogP contribution in [-0.2, 0) is 14.8 Å². The summed E-state index contributed by atoms with van der Waals surface area (Å²) in [5.74, 6) is 1.71. The number of pyridine rings is 1. The highest BCUT2D eigenvalue weighted by Gasteiger charge is 2.31. The maximum Gasteiger partial charge on any atom is 0.243 e. The fourth-order valence-electron chi connectivity index (χ4n) is 3.59. The van der Waals surface area contributed by atoms with E-state index in [1.54, 1.807) is 35.7 Å². The van der Waals surface area contributed by atoms with Crippen LogP contribution in [0.15, 0.2) is 53.6 Å². The minimum atomic E-state index is -3.53. The largest absolute Gasteiger partial charge is 0.491 e. The summed E-state index contributed by atoms with van der Waals surface area (Å²) in [6.07, 6.45) is 3.38. The third-order valence-corrected chi connectivity index (χ3v) is 7.09. The van der Waals surface area contributed by atoms with Gasteiger partial charge in [-0.2, -0.15) is 4.31 Å². The summed E-state index contributed by atoms with van der Waals surface area (Å²) in [4.78, 5) is 0.281. The first-order valence-electron chi connectivity index (χ1n) is 9.61. The molecule has 3 heterocycles. The second-order valence-electron chi connectivity index (χ2n) is 6.98. The molecule has 0 N–H and O–H groups in total. The van der Waals surface area contributed by atoms with Crippen LogP contribution in [0.4, 0.5) is 0 Å². The van der Waals surface area contributed by atoms with Crippen molar-refractivity contribution in [2.75, 3.05) is 33.4 Å². The molecule has 0 radical (unpaired) electrons. The van der Waals surface area contributed by atoms with E-state index in [4.69, 9.17) is 9.47 Å². The molecule has 0 bridgehead atoms. The Kier molecular flexibility index (Phi) is 5.79. The van der Waals surface area contributed by atoms with E-state index in [0.29, 0.717) is 44.9 Å². The molecule has 154 valence electrons. The number of fused-ring (bicyclic) bond motifs is 1. The summed E-state index contributed by atoms with van der Waals surface area (Å²) in [6.45, 7) is 1.82. The quantitative estimate of drug-likeness (QED) is 0.550. The van der Waals surface area contributed by atoms with Gasteiger partial charge in [0.05, 0.1) is 11.5 Å². The van der Waals surface area contributed by atoms with Gasteiger partial charge in [0.1, 0.15) is 18.2 Å². The van der Waals surface area contributed by atoms with Crippen LogP contribution in [0.3, 0.4) is 0 Å². The van der Waals surface area contributed by atoms with Gasteiger partial charge in [0.15, 0.2) is 5.65 Å². The first-order valence-corrected chi connectivity index (χ1v) is 11.1. The molecule has 1 aromatic carbocycles. The molecule has 0 atom stereocenters. The number of piperidine rings is 1. The highest BCUT2D eigenvalue weighted by Crippen LogP contribution is 2.30. The summed E-state index contributed by atoms with van der Waals surface area (Å²) in [6, 6.07) is 12.3. The molecule has 0 saturated carbocycles. The molecule has 29 heavy (non-hydrogen) atoms. The Morgan fingerprint density at radius 3 is 2.52 bits per heavy atom. The molecule has 9 heteroatoms. The van der Waals surface area contributed by atoms with Gasteiger partial charge in [-0.15, -0.1) is 10.2 Å². The number of ether oxygens (including phenoxy) is 2. The molecule has 0 spiro atoms. The van der Waals surface area contributed by atoms with Crippen LogP contribution in [0.25, 0.3) is 5.65 Å². The van der Waals surface area contributed by atoms with E-state index in [9.17, 15) is 8.42 Å². The predicted octanol–water partition coefficient (Wildman–Crippen LogP) is 2.32. The molecule has 0 amide bonds. The number of methoxy groups -OCH3 is 1. The molecular weight excluding hydrogens is 392 g/mol. The van der Waals surface area contributed by atoms with Crippen LogP contribution in [0.2, 0.25) is 0 Å². The first-order chi connectivity index (χ1) is 14.1. The van der Waals surface area contributed by atoms with Crippen molar-refractivity contribution in [3.05, 3.63) is 54.5 Å². The van der Waals surface area contributed by atoms with Gasteiger partial charge in [0.2, 0.25) is 10.0 Å². The molecule has 2 aromatic heterocycles. The van der Waals surface area contributed by atoms with Gasteiger partial charge >= 0.3 is 0 Å². The zero-order chi connectivity index (χ0) is 20.3. The highest BCUT2D eigenvalue weighted by molar-refractivity contribution is 7.89. The number of rotatable bonds is 7. The summed E-state index contributed by atoms with van der Waals surface area (Å²) in [5, 5.41) is 8.53. The number of aromatic nitrogens is 3. The molecule has 4 rings (SSSR count). The summed E-state index contributed by atoms with van der Waals surface area (Å²) >= 11 is 0. The van der Waals surface area contributed by atoms with Crippen molar-refractivity contribution in [3.8, 4) is 5.75 Å². The molecule has 0 aliphatic carbocycles. The second kappa shape index (κ2) is 8.48. The SMILES string of the molecule is COCCOc1ccc(S(=O)(=O)N2CCC(c3nnc4ccccn34)CC2)cc1. The molecule has 8 nitrogen and oxygen atoms in total. The third-order valence-electron chi connectivity index (χ3n) is 5.18. The number of sulfonamides is 1. The summed E-state index contributed by atoms with van der Waals surface area (Å²) in [7, 11) is -1.92. The van der Waals surface area contributed by atoms with Gasteiger partial charge in [-0.25, -0.2) is 8.42 Å². The van der Waals surface area contributed by atoms with E-state index in [1.165, 1.54) is 0 Å². The average Bonchev–Trinajstić information content (AvgIpc) is 3.19. The Hall–Kier alpha value is -2.49. The zero-order valence-electron chi connectivity index (χ0n) is 16.3. The molecule has 0 unspecified atom stereocenters. The maximum atomic E-state index is 13.0. The van der Waals surface area contributed by atoms with Gasteiger partial charge in [-0.1, -0.05) is 6.07 Å². The van der Waals surface area contributed by atoms with Crippen molar-refractivity contribution in [2.24, 2.45) is 0 Å². The van der Waals surface area contributed by atoms with Gasteiger partial charge < -0.3 is 9.47 Å². The van der Waals surface area contributed by atoms with Crippen molar-refractivity contribution >= 4 is 15.7 Å². The number of nitrogens with zero attached hydrogens (tertiary/aromatic N) is 4. The van der Waals surface area contributed by atoms with Gasteiger partial charge in [0, 0.05) is 32.3 Å². The van der Waals surface area contributed by atoms with Crippen LogP contribution in [-0.4, -0.2) is 60.7 Å². The first kappa shape index (κ1) is 19.8. The lowest BCUT2D eigenvalue weighted by atomic mass is 9.97. The van der Waals surface area contributed by atoms with Crippen molar-refractivity contribution < 1.29 is 17.9 Å². The molecule has 1 aliphatic heterocycles. The minimum absolute atomic E-state index is 0.190. The fraction of sp³-hybridized carbons (Fsp3) is 0.400. The molecular formula is C20H24N4O4S. The van der Waals surface area contributed by atoms with Crippen LogP contribution < -0.4 is 4.74 Å². The molecule has 1 fully saturated rings. The molecule has 1 saturated heterocycles. The van der Waals surface area contributed by atoms with E-state index in [2.05, 4.69) is 10.2 Å². The lowest BCUT2D eigenvalue weighted by Crippen LogP contribution is -2.38. The number of hydrogen-bond acceptors (Lipinski definition) is 6. The Labute approximate surface area is 170 Å². The molecule has 3 aromatic rings. The van der Waals surface area contributed by atoms with Crippen LogP contribution in [0.1, 0.15) is 24.6 Å². The van der Waals surface area contributed by atoms with Crippen molar-refractivity contribution in [3.63, 3.8) is 0 Å². The summed E-state index contributed by atoms with van der Waals surface area (Å²) < 4.78 is 40.0. The van der Waals surface area contributed by atoms with Gasteiger partial charge in [-0.05, 0) is 49.2 Å². The van der Waals surface area contributed by atoms with Crippen LogP contribution >= 0.6 is 0 Å². The molecule has 1 aliphatic rings. The van der Waals surface area contributed by atoms with E-state index in [1.807, 2.05) is 28.8 Å². The number of benzene rings is 1. The monoisotopic (exact) mass is 416 g/mol. The second-order valence-corrected chi connectivity index (χ2v) is 8.92. The lowest BCUT2D eigenvalue weighted by Gasteiger charge is -2.30. The van der Waals surface area contributed by atoms with Crippen LogP contribution in [0, 0.1) is 0 Å². The lowest BCUT2D eigenvalue weighted by molar-refractivity contribution is 0.146. The van der Waals surface area contributed by atoms with E-state index >= 15 is 0 Å². The zero-order valence-corrected chi connectivity index (χ0v) is 17.1. The Morgan fingerprint density at radius 1 is 1.03 bits per heavy atom. The minimum Gasteiger partial charge on any atom is -0.491 e. The maximum absolute atomic E-state index is 13.0. The smallest absolute Gasteiger partial charge is 0.243 e. The van der Waals surface area contributed by atoms with Crippen LogP contribution in [0.5, 0.6) is 5.75 Å². The highest BCUT2D eigenvalue weighted by atomic mass is 32.2. The number of hydrogen-bond donors (Lipinski definition) is 0. The fourth-order valence-corrected chi connectivity index (χ4v) is 5.06. The van der Waals surface area contributed by atoms with Gasteiger partial charge in [-0.3, -0.25) is 4.40 Å². The van der Waals surface area contributed by atoms with Crippen molar-refractivity contribution in [1.29, 1.82) is 0 Å². The summed E-state index contributed by atoms with van der Waals surface area (Å²) in [5.41, 5.74) is 0.811. The predicted molar refractivity (Wildman–Crippen MR) is 108 cm³/mol. The Balaban J connectivity index is 1.42. The average molecular weight is 417 g/mol. The van der Waals surface area contributed by atoms with Crippen molar-refractivity contribution in [1.82, 2.24) is 18.9 Å². The van der Waals surface area contributed by atoms with Gasteiger partial charge in [0.25, 0.3) is 0 Å². The van der Waals surface area contributed by atoms with E-state index in [-0.39, 0.29) is 10.8 Å². The Morgan fingerprint density at radius 2 is 1.79 bits per heavy atom. The van der Waals surface area contributed by atoms with E-state index < -0.39 is 10.0 Å². The normalized spacial score (nSPS) is 16.3. The standard InChI is InChI=1S/C20H24N4O4S/c1-27-14-15-28-17-5-7-18(8-6-17)29(25,26)23-12-9-16(10-13-23)20-22-21-19-4-2-3-11-24(19)20/h2-8,11,16H,9-10,12-15H2,1H3. The third kappa shape index (κ3) is 4.12.